The maximum atomic E-state index is 12.7. The smallest absolute Gasteiger partial charge is 0.374 e. The van der Waals surface area contributed by atoms with E-state index in [-0.39, 0.29) is 15.2 Å². The topological polar surface area (TPSA) is 12.0 Å². The predicted octanol–water partition coefficient (Wildman–Crippen LogP) is 4.22. The molecule has 0 aliphatic rings. The molecule has 0 saturated carbocycles. The first-order valence-electron chi connectivity index (χ1n) is 3.75. The van der Waals surface area contributed by atoms with E-state index in [0.717, 1.165) is 12.1 Å². The van der Waals surface area contributed by atoms with Gasteiger partial charge >= 0.3 is 6.18 Å². The number of benzene rings is 1. The van der Waals surface area contributed by atoms with E-state index in [1.807, 2.05) is 0 Å². The molecule has 0 fully saturated rings. The van der Waals surface area contributed by atoms with Crippen molar-refractivity contribution in [1.82, 2.24) is 0 Å². The van der Waals surface area contributed by atoms with Gasteiger partial charge in [0.2, 0.25) is 0 Å². The normalized spacial score (nSPS) is 11.6. The fourth-order valence-electron chi connectivity index (χ4n) is 0.900. The van der Waals surface area contributed by atoms with Gasteiger partial charge in [0.25, 0.3) is 0 Å². The van der Waals surface area contributed by atoms with Gasteiger partial charge < -0.3 is 5.32 Å². The van der Waals surface area contributed by atoms with E-state index in [2.05, 4.69) is 21.2 Å². The third-order valence-corrected chi connectivity index (χ3v) is 2.40. The molecule has 0 atom stereocenters. The first kappa shape index (κ1) is 12.6. The number of nitrogens with one attached hydrogen (secondary N) is 1. The number of alkyl halides is 3. The summed E-state index contributed by atoms with van der Waals surface area (Å²) in [5, 5.41) is 1.97. The maximum Gasteiger partial charge on any atom is 0.405 e. The second kappa shape index (κ2) is 4.57. The molecule has 15 heavy (non-hydrogen) atoms. The standard InChI is InChI=1S/C8H5BrClF4N/c9-5-1-4(11)2-6(10)7(5)15-3-8(12,13)14/h1-2,15H,3H2. The lowest BCUT2D eigenvalue weighted by Gasteiger charge is -2.12. The Morgan fingerprint density at radius 1 is 1.33 bits per heavy atom. The molecule has 1 nitrogen and oxygen atoms in total. The first-order chi connectivity index (χ1) is 6.79. The molecular weight excluding hydrogens is 301 g/mol. The van der Waals surface area contributed by atoms with Gasteiger partial charge in [0.1, 0.15) is 12.4 Å². The fourth-order valence-corrected chi connectivity index (χ4v) is 1.86. The molecule has 0 unspecified atom stereocenters. The number of hydrogen-bond acceptors (Lipinski definition) is 1. The number of anilines is 1. The molecule has 84 valence electrons. The van der Waals surface area contributed by atoms with Gasteiger partial charge in [-0.2, -0.15) is 13.2 Å². The van der Waals surface area contributed by atoms with Crippen LogP contribution in [0.1, 0.15) is 0 Å². The average molecular weight is 306 g/mol. The molecule has 0 saturated heterocycles. The van der Waals surface area contributed by atoms with Crippen molar-refractivity contribution in [2.24, 2.45) is 0 Å². The van der Waals surface area contributed by atoms with Crippen LogP contribution in [0.3, 0.4) is 0 Å². The largest absolute Gasteiger partial charge is 0.405 e. The Kier molecular flexibility index (Phi) is 3.83. The van der Waals surface area contributed by atoms with Crippen molar-refractivity contribution >= 4 is 33.2 Å². The summed E-state index contributed by atoms with van der Waals surface area (Å²) in [7, 11) is 0. The Bertz CT molecular complexity index is 343. The van der Waals surface area contributed by atoms with Crippen LogP contribution in [0.2, 0.25) is 5.02 Å². The lowest BCUT2D eigenvalue weighted by Crippen LogP contribution is -2.21. The van der Waals surface area contributed by atoms with Crippen LogP contribution >= 0.6 is 27.5 Å². The predicted molar refractivity (Wildman–Crippen MR) is 53.7 cm³/mol. The molecule has 7 heteroatoms. The van der Waals surface area contributed by atoms with E-state index in [9.17, 15) is 17.6 Å². The number of halogens is 6. The van der Waals surface area contributed by atoms with Gasteiger partial charge in [0, 0.05) is 4.47 Å². The van der Waals surface area contributed by atoms with Crippen LogP contribution in [0.4, 0.5) is 23.2 Å². The van der Waals surface area contributed by atoms with Gasteiger partial charge in [-0.3, -0.25) is 0 Å². The SMILES string of the molecule is Fc1cc(Cl)c(NCC(F)(F)F)c(Br)c1. The zero-order valence-electron chi connectivity index (χ0n) is 7.13. The quantitative estimate of drug-likeness (QED) is 0.807. The Balaban J connectivity index is 2.86. The minimum Gasteiger partial charge on any atom is -0.374 e. The summed E-state index contributed by atoms with van der Waals surface area (Å²) in [5.41, 5.74) is 0.0235. The third kappa shape index (κ3) is 3.87. The van der Waals surface area contributed by atoms with Crippen molar-refractivity contribution in [3.63, 3.8) is 0 Å². The highest BCUT2D eigenvalue weighted by Crippen LogP contribution is 2.32. The Hall–Kier alpha value is -0.490. The van der Waals surface area contributed by atoms with Gasteiger partial charge in [0.05, 0.1) is 10.7 Å². The molecule has 1 aromatic carbocycles. The van der Waals surface area contributed by atoms with Crippen LogP contribution in [-0.4, -0.2) is 12.7 Å². The summed E-state index contributed by atoms with van der Waals surface area (Å²) in [4.78, 5) is 0. The summed E-state index contributed by atoms with van der Waals surface area (Å²) < 4.78 is 48.5. The first-order valence-corrected chi connectivity index (χ1v) is 4.92. The van der Waals surface area contributed by atoms with E-state index in [4.69, 9.17) is 11.6 Å². The molecule has 0 aliphatic heterocycles. The van der Waals surface area contributed by atoms with Crippen molar-refractivity contribution < 1.29 is 17.6 Å². The van der Waals surface area contributed by atoms with Gasteiger partial charge in [-0.15, -0.1) is 0 Å². The molecule has 0 amide bonds. The lowest BCUT2D eigenvalue weighted by molar-refractivity contribution is -0.115. The van der Waals surface area contributed by atoms with Crippen LogP contribution in [0, 0.1) is 5.82 Å². The highest BCUT2D eigenvalue weighted by Gasteiger charge is 2.27. The second-order valence-corrected chi connectivity index (χ2v) is 3.97. The summed E-state index contributed by atoms with van der Waals surface area (Å²) in [5.74, 6) is -0.621. The van der Waals surface area contributed by atoms with Gasteiger partial charge in [0.15, 0.2) is 0 Å². The van der Waals surface area contributed by atoms with Crippen molar-refractivity contribution in [2.75, 3.05) is 11.9 Å². The number of hydrogen-bond donors (Lipinski definition) is 1. The minimum absolute atomic E-state index is 0.0235. The molecule has 0 spiro atoms. The van der Waals surface area contributed by atoms with E-state index < -0.39 is 18.5 Å². The Morgan fingerprint density at radius 3 is 2.40 bits per heavy atom. The van der Waals surface area contributed by atoms with E-state index >= 15 is 0 Å². The molecule has 0 bridgehead atoms. The summed E-state index contributed by atoms with van der Waals surface area (Å²) in [6.07, 6.45) is -4.35. The van der Waals surface area contributed by atoms with E-state index in [1.54, 1.807) is 0 Å². The lowest BCUT2D eigenvalue weighted by atomic mass is 10.3. The highest BCUT2D eigenvalue weighted by molar-refractivity contribution is 9.10. The van der Waals surface area contributed by atoms with Crippen LogP contribution in [-0.2, 0) is 0 Å². The molecule has 1 rings (SSSR count). The molecule has 1 N–H and O–H groups in total. The van der Waals surface area contributed by atoms with Gasteiger partial charge in [-0.1, -0.05) is 11.6 Å². The summed E-state index contributed by atoms with van der Waals surface area (Å²) in [6.45, 7) is -1.23. The molecule has 0 heterocycles. The number of rotatable bonds is 2. The fraction of sp³-hybridized carbons (Fsp3) is 0.250. The van der Waals surface area contributed by atoms with Crippen molar-refractivity contribution in [3.8, 4) is 0 Å². The average Bonchev–Trinajstić information content (AvgIpc) is 1.99. The van der Waals surface area contributed by atoms with Crippen LogP contribution in [0.15, 0.2) is 16.6 Å². The van der Waals surface area contributed by atoms with Gasteiger partial charge in [-0.25, -0.2) is 4.39 Å². The summed E-state index contributed by atoms with van der Waals surface area (Å²) >= 11 is 8.48. The maximum absolute atomic E-state index is 12.7. The van der Waals surface area contributed by atoms with Crippen molar-refractivity contribution in [3.05, 3.63) is 27.4 Å². The molecule has 1 aromatic rings. The minimum atomic E-state index is -4.35. The zero-order valence-corrected chi connectivity index (χ0v) is 9.47. The van der Waals surface area contributed by atoms with Crippen LogP contribution in [0.5, 0.6) is 0 Å². The summed E-state index contributed by atoms with van der Waals surface area (Å²) in [6, 6.07) is 1.97. The molecule has 0 aromatic heterocycles. The second-order valence-electron chi connectivity index (χ2n) is 2.71. The van der Waals surface area contributed by atoms with Crippen molar-refractivity contribution in [2.45, 2.75) is 6.18 Å². The van der Waals surface area contributed by atoms with Crippen molar-refractivity contribution in [1.29, 1.82) is 0 Å². The highest BCUT2D eigenvalue weighted by atomic mass is 79.9. The zero-order chi connectivity index (χ0) is 11.6. The monoisotopic (exact) mass is 305 g/mol. The molecular formula is C8H5BrClF4N. The molecule has 0 aliphatic carbocycles. The Labute approximate surface area is 96.5 Å². The van der Waals surface area contributed by atoms with E-state index in [0.29, 0.717) is 0 Å². The van der Waals surface area contributed by atoms with E-state index in [1.165, 1.54) is 0 Å². The third-order valence-electron chi connectivity index (χ3n) is 1.47. The van der Waals surface area contributed by atoms with Crippen LogP contribution < -0.4 is 5.32 Å². The van der Waals surface area contributed by atoms with Crippen LogP contribution in [0.25, 0.3) is 0 Å². The Morgan fingerprint density at radius 2 is 1.93 bits per heavy atom. The molecule has 0 radical (unpaired) electrons. The van der Waals surface area contributed by atoms with Gasteiger partial charge in [-0.05, 0) is 28.1 Å².